The molecule has 1 aromatic heterocycles. The van der Waals surface area contributed by atoms with E-state index < -0.39 is 24.5 Å². The summed E-state index contributed by atoms with van der Waals surface area (Å²) in [6.07, 6.45) is 0. The monoisotopic (exact) mass is 364 g/mol. The number of aromatic nitrogens is 2. The zero-order valence-electron chi connectivity index (χ0n) is 13.7. The van der Waals surface area contributed by atoms with E-state index in [0.717, 1.165) is 5.56 Å². The first-order valence-electron chi connectivity index (χ1n) is 7.36. The molecule has 3 amide bonds. The van der Waals surface area contributed by atoms with Gasteiger partial charge in [0, 0.05) is 13.6 Å². The third-order valence-corrected chi connectivity index (χ3v) is 3.67. The smallest absolute Gasteiger partial charge is 0.343 e. The van der Waals surface area contributed by atoms with Crippen molar-refractivity contribution in [2.45, 2.75) is 13.5 Å². The zero-order chi connectivity index (χ0) is 18.4. The van der Waals surface area contributed by atoms with E-state index in [1.165, 1.54) is 4.68 Å². The predicted molar refractivity (Wildman–Crippen MR) is 90.1 cm³/mol. The number of carbonyl (C=O) groups is 3. The van der Waals surface area contributed by atoms with Crippen LogP contribution in [0.5, 0.6) is 0 Å². The summed E-state index contributed by atoms with van der Waals surface area (Å²) >= 11 is 5.94. The molecule has 132 valence electrons. The zero-order valence-corrected chi connectivity index (χ0v) is 14.5. The number of halogens is 1. The minimum absolute atomic E-state index is 0.0884. The predicted octanol–water partition coefficient (Wildman–Crippen LogP) is 1.56. The maximum Gasteiger partial charge on any atom is 0.343 e. The van der Waals surface area contributed by atoms with Gasteiger partial charge in [0.1, 0.15) is 10.7 Å². The van der Waals surface area contributed by atoms with Gasteiger partial charge >= 0.3 is 12.0 Å². The molecule has 25 heavy (non-hydrogen) atoms. The number of carbonyl (C=O) groups excluding carboxylic acids is 3. The van der Waals surface area contributed by atoms with Gasteiger partial charge in [-0.05, 0) is 12.5 Å². The third kappa shape index (κ3) is 5.05. The summed E-state index contributed by atoms with van der Waals surface area (Å²) in [5.74, 6) is -1.54. The van der Waals surface area contributed by atoms with Crippen LogP contribution in [0.4, 0.5) is 4.79 Å². The molecule has 0 radical (unpaired) electrons. The third-order valence-electron chi connectivity index (χ3n) is 3.24. The van der Waals surface area contributed by atoms with Gasteiger partial charge in [-0.25, -0.2) is 9.59 Å². The Morgan fingerprint density at radius 2 is 1.92 bits per heavy atom. The molecule has 0 unspecified atom stereocenters. The maximum absolute atomic E-state index is 12.0. The molecule has 2 rings (SSSR count). The molecule has 0 aliphatic carbocycles. The summed E-state index contributed by atoms with van der Waals surface area (Å²) < 4.78 is 6.18. The van der Waals surface area contributed by atoms with Gasteiger partial charge in [-0.1, -0.05) is 41.9 Å². The quantitative estimate of drug-likeness (QED) is 0.784. The van der Waals surface area contributed by atoms with Gasteiger partial charge in [0.15, 0.2) is 6.61 Å². The van der Waals surface area contributed by atoms with E-state index in [1.807, 2.05) is 30.3 Å². The van der Waals surface area contributed by atoms with Gasteiger partial charge in [-0.2, -0.15) is 5.10 Å². The fourth-order valence-corrected chi connectivity index (χ4v) is 2.30. The fourth-order valence-electron chi connectivity index (χ4n) is 2.05. The standard InChI is InChI=1S/C16H17ClN4O4/c1-10-13(14(17)21(2)20-10)15(23)25-9-12(22)19-16(24)18-8-11-6-4-3-5-7-11/h3-7H,8-9H2,1-2H3,(H2,18,19,22,24). The van der Waals surface area contributed by atoms with Crippen LogP contribution in [0, 0.1) is 6.92 Å². The number of nitrogens with zero attached hydrogens (tertiary/aromatic N) is 2. The van der Waals surface area contributed by atoms with E-state index in [-0.39, 0.29) is 17.3 Å². The Hall–Kier alpha value is -2.87. The highest BCUT2D eigenvalue weighted by atomic mass is 35.5. The largest absolute Gasteiger partial charge is 0.452 e. The molecule has 1 heterocycles. The van der Waals surface area contributed by atoms with Gasteiger partial charge in [0.05, 0.1) is 5.69 Å². The van der Waals surface area contributed by atoms with Crippen molar-refractivity contribution in [2.75, 3.05) is 6.61 Å². The highest BCUT2D eigenvalue weighted by Crippen LogP contribution is 2.19. The second-order valence-electron chi connectivity index (χ2n) is 5.17. The molecule has 0 atom stereocenters. The van der Waals surface area contributed by atoms with Crippen molar-refractivity contribution in [1.29, 1.82) is 0 Å². The summed E-state index contributed by atoms with van der Waals surface area (Å²) in [5, 5.41) is 8.69. The van der Waals surface area contributed by atoms with Crippen molar-refractivity contribution in [3.63, 3.8) is 0 Å². The first-order valence-corrected chi connectivity index (χ1v) is 7.74. The minimum Gasteiger partial charge on any atom is -0.452 e. The highest BCUT2D eigenvalue weighted by molar-refractivity contribution is 6.32. The van der Waals surface area contributed by atoms with Gasteiger partial charge in [-0.15, -0.1) is 0 Å². The van der Waals surface area contributed by atoms with Crippen LogP contribution in [-0.4, -0.2) is 34.3 Å². The number of esters is 1. The molecular formula is C16H17ClN4O4. The van der Waals surface area contributed by atoms with E-state index in [9.17, 15) is 14.4 Å². The Bertz CT molecular complexity index is 789. The number of hydrogen-bond acceptors (Lipinski definition) is 5. The Labute approximate surface area is 149 Å². The normalized spacial score (nSPS) is 10.2. The summed E-state index contributed by atoms with van der Waals surface area (Å²) in [4.78, 5) is 35.3. The molecule has 0 aliphatic rings. The van der Waals surface area contributed by atoms with Crippen LogP contribution in [0.1, 0.15) is 21.6 Å². The molecule has 0 fully saturated rings. The molecule has 2 N–H and O–H groups in total. The van der Waals surface area contributed by atoms with Crippen molar-refractivity contribution in [3.8, 4) is 0 Å². The van der Waals surface area contributed by atoms with Crippen LogP contribution in [0.2, 0.25) is 5.15 Å². The van der Waals surface area contributed by atoms with E-state index in [0.29, 0.717) is 5.69 Å². The van der Waals surface area contributed by atoms with Gasteiger partial charge in [0.25, 0.3) is 5.91 Å². The van der Waals surface area contributed by atoms with Crippen LogP contribution in [-0.2, 0) is 23.1 Å². The Morgan fingerprint density at radius 3 is 2.52 bits per heavy atom. The molecule has 8 nitrogen and oxygen atoms in total. The summed E-state index contributed by atoms with van der Waals surface area (Å²) in [7, 11) is 1.58. The molecule has 1 aromatic carbocycles. The van der Waals surface area contributed by atoms with Gasteiger partial charge < -0.3 is 10.1 Å². The first kappa shape index (κ1) is 18.5. The van der Waals surface area contributed by atoms with Crippen molar-refractivity contribution < 1.29 is 19.1 Å². The second-order valence-corrected chi connectivity index (χ2v) is 5.53. The lowest BCUT2D eigenvalue weighted by atomic mass is 10.2. The lowest BCUT2D eigenvalue weighted by Gasteiger charge is -2.07. The van der Waals surface area contributed by atoms with Gasteiger partial charge in [0.2, 0.25) is 0 Å². The van der Waals surface area contributed by atoms with E-state index >= 15 is 0 Å². The Kier molecular flexibility index (Phi) is 6.13. The number of urea groups is 1. The molecule has 0 spiro atoms. The number of ether oxygens (including phenoxy) is 1. The van der Waals surface area contributed by atoms with Crippen molar-refractivity contribution in [2.24, 2.45) is 7.05 Å². The van der Waals surface area contributed by atoms with E-state index in [1.54, 1.807) is 14.0 Å². The fraction of sp³-hybridized carbons (Fsp3) is 0.250. The summed E-state index contributed by atoms with van der Waals surface area (Å²) in [5.41, 5.74) is 1.36. The van der Waals surface area contributed by atoms with Crippen LogP contribution in [0.15, 0.2) is 30.3 Å². The van der Waals surface area contributed by atoms with Crippen LogP contribution in [0.25, 0.3) is 0 Å². The molecule has 0 bridgehead atoms. The molecular weight excluding hydrogens is 348 g/mol. The van der Waals surface area contributed by atoms with Crippen LogP contribution < -0.4 is 10.6 Å². The molecule has 0 aliphatic heterocycles. The lowest BCUT2D eigenvalue weighted by molar-refractivity contribution is -0.123. The maximum atomic E-state index is 12.0. The molecule has 0 saturated carbocycles. The number of benzene rings is 1. The summed E-state index contributed by atoms with van der Waals surface area (Å²) in [6, 6.07) is 8.53. The second kappa shape index (κ2) is 8.29. The number of aryl methyl sites for hydroxylation is 2. The topological polar surface area (TPSA) is 102 Å². The number of rotatable bonds is 5. The molecule has 0 saturated heterocycles. The lowest BCUT2D eigenvalue weighted by Crippen LogP contribution is -2.41. The van der Waals surface area contributed by atoms with Crippen LogP contribution >= 0.6 is 11.6 Å². The average Bonchev–Trinajstić information content (AvgIpc) is 2.84. The van der Waals surface area contributed by atoms with Crippen molar-refractivity contribution in [1.82, 2.24) is 20.4 Å². The van der Waals surface area contributed by atoms with Gasteiger partial charge in [-0.3, -0.25) is 14.8 Å². The minimum atomic E-state index is -0.782. The number of nitrogens with one attached hydrogen (secondary N) is 2. The van der Waals surface area contributed by atoms with E-state index in [2.05, 4.69) is 15.7 Å². The SMILES string of the molecule is Cc1nn(C)c(Cl)c1C(=O)OCC(=O)NC(=O)NCc1ccccc1. The first-order chi connectivity index (χ1) is 11.9. The average molecular weight is 365 g/mol. The highest BCUT2D eigenvalue weighted by Gasteiger charge is 2.21. The number of imide groups is 1. The van der Waals surface area contributed by atoms with Crippen molar-refractivity contribution in [3.05, 3.63) is 52.3 Å². The number of amides is 3. The van der Waals surface area contributed by atoms with Crippen LogP contribution in [0.3, 0.4) is 0 Å². The number of hydrogen-bond donors (Lipinski definition) is 2. The molecule has 2 aromatic rings. The van der Waals surface area contributed by atoms with E-state index in [4.69, 9.17) is 16.3 Å². The van der Waals surface area contributed by atoms with Crippen molar-refractivity contribution >= 4 is 29.5 Å². The molecule has 9 heteroatoms. The Morgan fingerprint density at radius 1 is 1.24 bits per heavy atom. The summed E-state index contributed by atoms with van der Waals surface area (Å²) in [6.45, 7) is 1.26. The Balaban J connectivity index is 1.78.